The molecule has 1 aromatic carbocycles. The van der Waals surface area contributed by atoms with Gasteiger partial charge in [-0.15, -0.1) is 0 Å². The Kier molecular flexibility index (Phi) is 3.41. The molecular weight excluding hydrogens is 184 g/mol. The van der Waals surface area contributed by atoms with Gasteiger partial charge in [0.2, 0.25) is 0 Å². The van der Waals surface area contributed by atoms with Gasteiger partial charge in [0.15, 0.2) is 0 Å². The predicted octanol–water partition coefficient (Wildman–Crippen LogP) is 2.03. The summed E-state index contributed by atoms with van der Waals surface area (Å²) in [6, 6.07) is 9.62. The summed E-state index contributed by atoms with van der Waals surface area (Å²) in [6.07, 6.45) is 3.24. The first kappa shape index (κ1) is 9.68. The second-order valence-electron chi connectivity index (χ2n) is 2.54. The molecule has 0 bridgehead atoms. The maximum absolute atomic E-state index is 5.75. The van der Waals surface area contributed by atoms with Crippen LogP contribution in [0.2, 0.25) is 0 Å². The highest BCUT2D eigenvalue weighted by Crippen LogP contribution is 2.08. The number of hydrogen-bond donors (Lipinski definition) is 2. The fraction of sp³-hybridized carbons (Fsp3) is 0. The molecule has 0 heterocycles. The largest absolute Gasteiger partial charge is 0.398 e. The number of benzene rings is 1. The molecule has 0 atom stereocenters. The maximum Gasteiger partial charge on any atom is 0.0992 e. The lowest BCUT2D eigenvalue weighted by Gasteiger charge is -1.98. The average molecular weight is 195 g/mol. The van der Waals surface area contributed by atoms with Crippen LogP contribution in [0.4, 0.5) is 0 Å². The van der Waals surface area contributed by atoms with E-state index in [4.69, 9.17) is 23.1 Å². The number of halogens is 1. The second-order valence-corrected chi connectivity index (χ2v) is 2.98. The van der Waals surface area contributed by atoms with Crippen LogP contribution < -0.4 is 11.5 Å². The summed E-state index contributed by atoms with van der Waals surface area (Å²) in [6.45, 7) is 0. The summed E-state index contributed by atoms with van der Waals surface area (Å²) in [4.78, 5) is 0. The summed E-state index contributed by atoms with van der Waals surface area (Å²) in [5.74, 6) is 0. The SMILES string of the molecule is N/C(=C\C=C(/N)Cl)c1ccccc1. The van der Waals surface area contributed by atoms with Crippen molar-refractivity contribution >= 4 is 17.3 Å². The highest BCUT2D eigenvalue weighted by atomic mass is 35.5. The van der Waals surface area contributed by atoms with Crippen LogP contribution >= 0.6 is 11.6 Å². The summed E-state index contributed by atoms with van der Waals surface area (Å²) < 4.78 is 0. The predicted molar refractivity (Wildman–Crippen MR) is 56.7 cm³/mol. The molecule has 13 heavy (non-hydrogen) atoms. The molecule has 0 aliphatic heterocycles. The van der Waals surface area contributed by atoms with Crippen molar-refractivity contribution in [2.75, 3.05) is 0 Å². The smallest absolute Gasteiger partial charge is 0.0992 e. The summed E-state index contributed by atoms with van der Waals surface area (Å²) in [5, 5.41) is 0.221. The lowest BCUT2D eigenvalue weighted by molar-refractivity contribution is 1.49. The van der Waals surface area contributed by atoms with Crippen molar-refractivity contribution in [3.05, 3.63) is 53.2 Å². The van der Waals surface area contributed by atoms with Gasteiger partial charge in [0, 0.05) is 5.70 Å². The van der Waals surface area contributed by atoms with E-state index in [1.165, 1.54) is 0 Å². The van der Waals surface area contributed by atoms with E-state index >= 15 is 0 Å². The molecule has 0 radical (unpaired) electrons. The Labute approximate surface area is 82.5 Å². The Balaban J connectivity index is 2.86. The van der Waals surface area contributed by atoms with Crippen molar-refractivity contribution in [3.8, 4) is 0 Å². The van der Waals surface area contributed by atoms with E-state index in [1.54, 1.807) is 12.2 Å². The molecule has 0 aromatic heterocycles. The van der Waals surface area contributed by atoms with Gasteiger partial charge in [0.25, 0.3) is 0 Å². The molecule has 1 aromatic rings. The van der Waals surface area contributed by atoms with Gasteiger partial charge in [0.1, 0.15) is 0 Å². The molecule has 0 unspecified atom stereocenters. The van der Waals surface area contributed by atoms with Crippen molar-refractivity contribution in [1.29, 1.82) is 0 Å². The molecule has 0 fully saturated rings. The van der Waals surface area contributed by atoms with Crippen molar-refractivity contribution in [2.45, 2.75) is 0 Å². The molecule has 1 rings (SSSR count). The van der Waals surface area contributed by atoms with Crippen molar-refractivity contribution in [1.82, 2.24) is 0 Å². The molecular formula is C10H11ClN2. The van der Waals surface area contributed by atoms with Gasteiger partial charge in [-0.05, 0) is 17.7 Å². The Morgan fingerprint density at radius 3 is 2.23 bits per heavy atom. The molecule has 0 saturated heterocycles. The van der Waals surface area contributed by atoms with Gasteiger partial charge in [-0.1, -0.05) is 41.9 Å². The van der Waals surface area contributed by atoms with E-state index in [-0.39, 0.29) is 5.16 Å². The molecule has 0 amide bonds. The molecule has 0 saturated carbocycles. The van der Waals surface area contributed by atoms with Gasteiger partial charge in [-0.25, -0.2) is 0 Å². The van der Waals surface area contributed by atoms with Gasteiger partial charge in [0.05, 0.1) is 5.16 Å². The zero-order chi connectivity index (χ0) is 9.68. The van der Waals surface area contributed by atoms with E-state index in [2.05, 4.69) is 0 Å². The first-order chi connectivity index (χ1) is 6.20. The third-order valence-electron chi connectivity index (χ3n) is 1.53. The number of rotatable bonds is 2. The first-order valence-corrected chi connectivity index (χ1v) is 4.22. The zero-order valence-corrected chi connectivity index (χ0v) is 7.83. The van der Waals surface area contributed by atoms with E-state index in [0.717, 1.165) is 5.56 Å². The number of hydrogen-bond acceptors (Lipinski definition) is 2. The standard InChI is InChI=1S/C10H11ClN2/c11-10(13)7-6-9(12)8-4-2-1-3-5-8/h1-7H,12-13H2/b9-6-,10-7-. The van der Waals surface area contributed by atoms with Gasteiger partial charge < -0.3 is 11.5 Å². The van der Waals surface area contributed by atoms with E-state index in [9.17, 15) is 0 Å². The van der Waals surface area contributed by atoms with E-state index < -0.39 is 0 Å². The van der Waals surface area contributed by atoms with Crippen molar-refractivity contribution in [3.63, 3.8) is 0 Å². The lowest BCUT2D eigenvalue weighted by Crippen LogP contribution is -1.95. The molecule has 4 N–H and O–H groups in total. The molecule has 3 heteroatoms. The van der Waals surface area contributed by atoms with Gasteiger partial charge in [-0.3, -0.25) is 0 Å². The van der Waals surface area contributed by atoms with Crippen LogP contribution in [-0.2, 0) is 0 Å². The molecule has 0 aliphatic carbocycles. The summed E-state index contributed by atoms with van der Waals surface area (Å²) in [7, 11) is 0. The molecule has 0 spiro atoms. The number of allylic oxidation sites excluding steroid dienone is 2. The number of nitrogens with two attached hydrogens (primary N) is 2. The lowest BCUT2D eigenvalue weighted by atomic mass is 10.1. The van der Waals surface area contributed by atoms with Gasteiger partial charge in [-0.2, -0.15) is 0 Å². The Bertz CT molecular complexity index is 324. The van der Waals surface area contributed by atoms with Crippen LogP contribution in [0.1, 0.15) is 5.56 Å². The zero-order valence-electron chi connectivity index (χ0n) is 7.07. The monoisotopic (exact) mass is 194 g/mol. The normalized spacial score (nSPS) is 13.0. The minimum Gasteiger partial charge on any atom is -0.398 e. The topological polar surface area (TPSA) is 52.0 Å². The third kappa shape index (κ3) is 3.22. The maximum atomic E-state index is 5.75. The quantitative estimate of drug-likeness (QED) is 0.559. The Morgan fingerprint density at radius 2 is 1.69 bits per heavy atom. The summed E-state index contributed by atoms with van der Waals surface area (Å²) in [5.41, 5.74) is 12.6. The Morgan fingerprint density at radius 1 is 1.08 bits per heavy atom. The van der Waals surface area contributed by atoms with Crippen LogP contribution in [0.15, 0.2) is 47.6 Å². The summed E-state index contributed by atoms with van der Waals surface area (Å²) >= 11 is 5.45. The van der Waals surface area contributed by atoms with Crippen LogP contribution in [0.5, 0.6) is 0 Å². The van der Waals surface area contributed by atoms with Crippen LogP contribution in [0, 0.1) is 0 Å². The Hall–Kier alpha value is -1.41. The van der Waals surface area contributed by atoms with Crippen molar-refractivity contribution < 1.29 is 0 Å². The van der Waals surface area contributed by atoms with E-state index in [0.29, 0.717) is 5.70 Å². The highest BCUT2D eigenvalue weighted by Gasteiger charge is 1.91. The van der Waals surface area contributed by atoms with Crippen LogP contribution in [0.3, 0.4) is 0 Å². The molecule has 68 valence electrons. The highest BCUT2D eigenvalue weighted by molar-refractivity contribution is 6.29. The van der Waals surface area contributed by atoms with E-state index in [1.807, 2.05) is 30.3 Å². The third-order valence-corrected chi connectivity index (χ3v) is 1.66. The fourth-order valence-corrected chi connectivity index (χ4v) is 0.959. The van der Waals surface area contributed by atoms with Crippen molar-refractivity contribution in [2.24, 2.45) is 11.5 Å². The fourth-order valence-electron chi connectivity index (χ4n) is 0.896. The average Bonchev–Trinajstić information content (AvgIpc) is 2.15. The minimum absolute atomic E-state index is 0.221. The van der Waals surface area contributed by atoms with Crippen LogP contribution in [-0.4, -0.2) is 0 Å². The van der Waals surface area contributed by atoms with Gasteiger partial charge >= 0.3 is 0 Å². The molecule has 0 aliphatic rings. The second kappa shape index (κ2) is 4.58. The minimum atomic E-state index is 0.221. The molecule has 2 nitrogen and oxygen atoms in total. The van der Waals surface area contributed by atoms with Crippen LogP contribution in [0.25, 0.3) is 5.70 Å². The first-order valence-electron chi connectivity index (χ1n) is 3.84.